The summed E-state index contributed by atoms with van der Waals surface area (Å²) in [5.41, 5.74) is 0.973. The first-order valence-electron chi connectivity index (χ1n) is 4.55. The smallest absolute Gasteiger partial charge is 0.307 e. The second-order valence-corrected chi connectivity index (χ2v) is 4.40. The van der Waals surface area contributed by atoms with Crippen LogP contribution in [0.15, 0.2) is 10.2 Å². The SMILES string of the molecule is Cc1csc(=O)n1[C@H]1CCC[C@@H]1O. The predicted molar refractivity (Wildman–Crippen MR) is 52.2 cm³/mol. The minimum absolute atomic E-state index is 0.0266. The van der Waals surface area contributed by atoms with Crippen LogP contribution >= 0.6 is 11.3 Å². The van der Waals surface area contributed by atoms with Gasteiger partial charge in [0.05, 0.1) is 12.1 Å². The number of hydrogen-bond donors (Lipinski definition) is 1. The van der Waals surface area contributed by atoms with Crippen molar-refractivity contribution in [2.45, 2.75) is 38.3 Å². The van der Waals surface area contributed by atoms with Crippen LogP contribution in [0.1, 0.15) is 31.0 Å². The van der Waals surface area contributed by atoms with Crippen LogP contribution in [-0.2, 0) is 0 Å². The average Bonchev–Trinajstić information content (AvgIpc) is 2.60. The lowest BCUT2D eigenvalue weighted by Gasteiger charge is -2.16. The summed E-state index contributed by atoms with van der Waals surface area (Å²) >= 11 is 1.22. The Morgan fingerprint density at radius 1 is 1.62 bits per heavy atom. The molecule has 4 heteroatoms. The van der Waals surface area contributed by atoms with Gasteiger partial charge in [0.2, 0.25) is 0 Å². The molecule has 0 unspecified atom stereocenters. The van der Waals surface area contributed by atoms with Crippen molar-refractivity contribution in [1.82, 2.24) is 4.57 Å². The van der Waals surface area contributed by atoms with E-state index in [1.807, 2.05) is 12.3 Å². The Bertz CT molecular complexity index is 355. The summed E-state index contributed by atoms with van der Waals surface area (Å²) in [5, 5.41) is 11.5. The van der Waals surface area contributed by atoms with Crippen molar-refractivity contribution in [2.24, 2.45) is 0 Å². The highest BCUT2D eigenvalue weighted by molar-refractivity contribution is 7.07. The van der Waals surface area contributed by atoms with Crippen molar-refractivity contribution in [3.8, 4) is 0 Å². The second-order valence-electron chi connectivity index (χ2n) is 3.58. The molecule has 3 nitrogen and oxygen atoms in total. The lowest BCUT2D eigenvalue weighted by Crippen LogP contribution is -2.26. The van der Waals surface area contributed by atoms with Crippen LogP contribution in [0, 0.1) is 6.92 Å². The van der Waals surface area contributed by atoms with E-state index in [2.05, 4.69) is 0 Å². The first-order valence-corrected chi connectivity index (χ1v) is 5.43. The molecule has 2 rings (SSSR count). The number of hydrogen-bond acceptors (Lipinski definition) is 3. The first kappa shape index (κ1) is 8.97. The van der Waals surface area contributed by atoms with E-state index >= 15 is 0 Å². The van der Waals surface area contributed by atoms with Crippen LogP contribution in [-0.4, -0.2) is 15.8 Å². The monoisotopic (exact) mass is 199 g/mol. The van der Waals surface area contributed by atoms with Crippen molar-refractivity contribution in [1.29, 1.82) is 0 Å². The Hall–Kier alpha value is -0.610. The van der Waals surface area contributed by atoms with E-state index in [-0.39, 0.29) is 17.0 Å². The zero-order valence-corrected chi connectivity index (χ0v) is 8.38. The predicted octanol–water partition coefficient (Wildman–Crippen LogP) is 1.30. The quantitative estimate of drug-likeness (QED) is 0.741. The van der Waals surface area contributed by atoms with Crippen LogP contribution < -0.4 is 4.87 Å². The van der Waals surface area contributed by atoms with Gasteiger partial charge in [-0.3, -0.25) is 9.36 Å². The summed E-state index contributed by atoms with van der Waals surface area (Å²) in [6, 6.07) is 0.0266. The van der Waals surface area contributed by atoms with Gasteiger partial charge in [0.25, 0.3) is 0 Å². The summed E-state index contributed by atoms with van der Waals surface area (Å²) in [6.07, 6.45) is 2.45. The fourth-order valence-corrected chi connectivity index (χ4v) is 2.79. The zero-order chi connectivity index (χ0) is 9.42. The maximum absolute atomic E-state index is 11.4. The van der Waals surface area contributed by atoms with Gasteiger partial charge in [-0.1, -0.05) is 11.3 Å². The Morgan fingerprint density at radius 3 is 2.85 bits per heavy atom. The van der Waals surface area contributed by atoms with E-state index in [0.29, 0.717) is 0 Å². The topological polar surface area (TPSA) is 42.2 Å². The zero-order valence-electron chi connectivity index (χ0n) is 7.56. The molecular formula is C9H13NO2S. The van der Waals surface area contributed by atoms with Gasteiger partial charge in [-0.15, -0.1) is 0 Å². The fourth-order valence-electron chi connectivity index (χ4n) is 2.01. The Kier molecular flexibility index (Phi) is 2.26. The molecule has 1 saturated carbocycles. The second kappa shape index (κ2) is 3.27. The molecule has 0 amide bonds. The van der Waals surface area contributed by atoms with E-state index in [1.54, 1.807) is 4.57 Å². The summed E-state index contributed by atoms with van der Waals surface area (Å²) < 4.78 is 1.74. The van der Waals surface area contributed by atoms with Gasteiger partial charge >= 0.3 is 4.87 Å². The molecule has 1 fully saturated rings. The van der Waals surface area contributed by atoms with Gasteiger partial charge in [0.1, 0.15) is 0 Å². The van der Waals surface area contributed by atoms with Gasteiger partial charge in [0.15, 0.2) is 0 Å². The van der Waals surface area contributed by atoms with Crippen molar-refractivity contribution >= 4 is 11.3 Å². The van der Waals surface area contributed by atoms with E-state index < -0.39 is 0 Å². The summed E-state index contributed by atoms with van der Waals surface area (Å²) in [4.78, 5) is 11.5. The minimum Gasteiger partial charge on any atom is -0.391 e. The number of aryl methyl sites for hydroxylation is 1. The maximum atomic E-state index is 11.4. The Morgan fingerprint density at radius 2 is 2.38 bits per heavy atom. The molecule has 0 aromatic carbocycles. The number of aliphatic hydroxyl groups excluding tert-OH is 1. The third-order valence-corrected chi connectivity index (χ3v) is 3.54. The molecule has 13 heavy (non-hydrogen) atoms. The van der Waals surface area contributed by atoms with Crippen LogP contribution in [0.4, 0.5) is 0 Å². The number of thiazole rings is 1. The van der Waals surface area contributed by atoms with Gasteiger partial charge in [-0.25, -0.2) is 0 Å². The van der Waals surface area contributed by atoms with E-state index in [1.165, 1.54) is 11.3 Å². The maximum Gasteiger partial charge on any atom is 0.307 e. The average molecular weight is 199 g/mol. The molecule has 0 aliphatic heterocycles. The minimum atomic E-state index is -0.328. The third kappa shape index (κ3) is 1.44. The molecule has 0 bridgehead atoms. The van der Waals surface area contributed by atoms with Crippen LogP contribution in [0.5, 0.6) is 0 Å². The molecule has 1 aliphatic carbocycles. The molecule has 0 spiro atoms. The van der Waals surface area contributed by atoms with E-state index in [0.717, 1.165) is 25.0 Å². The number of aromatic nitrogens is 1. The van der Waals surface area contributed by atoms with Gasteiger partial charge in [-0.2, -0.15) is 0 Å². The highest BCUT2D eigenvalue weighted by Gasteiger charge is 2.28. The van der Waals surface area contributed by atoms with Gasteiger partial charge in [-0.05, 0) is 26.2 Å². The van der Waals surface area contributed by atoms with Gasteiger partial charge in [0, 0.05) is 11.1 Å². The first-order chi connectivity index (χ1) is 6.20. The highest BCUT2D eigenvalue weighted by atomic mass is 32.1. The summed E-state index contributed by atoms with van der Waals surface area (Å²) in [7, 11) is 0. The normalized spacial score (nSPS) is 28.2. The Labute approximate surface area is 80.6 Å². The van der Waals surface area contributed by atoms with Crippen LogP contribution in [0.2, 0.25) is 0 Å². The van der Waals surface area contributed by atoms with Crippen LogP contribution in [0.3, 0.4) is 0 Å². The lowest BCUT2D eigenvalue weighted by molar-refractivity contribution is 0.134. The molecule has 2 atom stereocenters. The standard InChI is InChI=1S/C9H13NO2S/c1-6-5-13-9(12)10(6)7-3-2-4-8(7)11/h5,7-8,11H,2-4H2,1H3/t7-,8-/m0/s1. The van der Waals surface area contributed by atoms with Crippen molar-refractivity contribution < 1.29 is 5.11 Å². The number of rotatable bonds is 1. The molecular weight excluding hydrogens is 186 g/mol. The molecule has 1 aliphatic rings. The molecule has 72 valence electrons. The largest absolute Gasteiger partial charge is 0.391 e. The van der Waals surface area contributed by atoms with E-state index in [9.17, 15) is 9.90 Å². The van der Waals surface area contributed by atoms with Crippen molar-refractivity contribution in [3.63, 3.8) is 0 Å². The molecule has 1 N–H and O–H groups in total. The number of nitrogens with zero attached hydrogens (tertiary/aromatic N) is 1. The molecule has 1 heterocycles. The van der Waals surface area contributed by atoms with E-state index in [4.69, 9.17) is 0 Å². The van der Waals surface area contributed by atoms with Crippen molar-refractivity contribution in [2.75, 3.05) is 0 Å². The van der Waals surface area contributed by atoms with Crippen LogP contribution in [0.25, 0.3) is 0 Å². The lowest BCUT2D eigenvalue weighted by atomic mass is 10.2. The molecule has 0 radical (unpaired) electrons. The number of aliphatic hydroxyl groups is 1. The van der Waals surface area contributed by atoms with Crippen molar-refractivity contribution in [3.05, 3.63) is 20.7 Å². The molecule has 1 aromatic rings. The molecule has 1 aromatic heterocycles. The fraction of sp³-hybridized carbons (Fsp3) is 0.667. The van der Waals surface area contributed by atoms with Gasteiger partial charge < -0.3 is 5.11 Å². The summed E-state index contributed by atoms with van der Waals surface area (Å²) in [5.74, 6) is 0. The summed E-state index contributed by atoms with van der Waals surface area (Å²) in [6.45, 7) is 1.92. The Balaban J connectivity index is 2.39. The third-order valence-electron chi connectivity index (χ3n) is 2.68. The highest BCUT2D eigenvalue weighted by Crippen LogP contribution is 2.30. The molecule has 0 saturated heterocycles.